The lowest BCUT2D eigenvalue weighted by molar-refractivity contribution is 0.522. The minimum absolute atomic E-state index is 0.378. The molecule has 0 aliphatic carbocycles. The number of hydrogen-bond donors (Lipinski definition) is 1. The molecule has 4 nitrogen and oxygen atoms in total. The standard InChI is InChI=1S/C10H16N4/c1-8(2)14-10(12-7-13-14)9-3-5-11-6-4-9/h3,7-8,11H,4-6H2,1-2H3. The van der Waals surface area contributed by atoms with E-state index in [1.54, 1.807) is 6.33 Å². The lowest BCUT2D eigenvalue weighted by Crippen LogP contribution is -2.21. The van der Waals surface area contributed by atoms with E-state index < -0.39 is 0 Å². The molecule has 14 heavy (non-hydrogen) atoms. The molecule has 2 heterocycles. The molecule has 0 spiro atoms. The van der Waals surface area contributed by atoms with Gasteiger partial charge in [-0.15, -0.1) is 0 Å². The van der Waals surface area contributed by atoms with Gasteiger partial charge in [-0.3, -0.25) is 0 Å². The molecule has 0 fully saturated rings. The van der Waals surface area contributed by atoms with Crippen molar-refractivity contribution in [1.29, 1.82) is 0 Å². The van der Waals surface area contributed by atoms with Gasteiger partial charge in [-0.25, -0.2) is 9.67 Å². The van der Waals surface area contributed by atoms with Crippen molar-refractivity contribution >= 4 is 5.57 Å². The van der Waals surface area contributed by atoms with Gasteiger partial charge in [0.2, 0.25) is 0 Å². The molecule has 0 unspecified atom stereocenters. The molecule has 1 N–H and O–H groups in total. The van der Waals surface area contributed by atoms with Gasteiger partial charge in [0, 0.05) is 12.6 Å². The van der Waals surface area contributed by atoms with E-state index in [-0.39, 0.29) is 0 Å². The van der Waals surface area contributed by atoms with Gasteiger partial charge >= 0.3 is 0 Å². The Morgan fingerprint density at radius 1 is 1.50 bits per heavy atom. The molecule has 0 aromatic carbocycles. The van der Waals surface area contributed by atoms with Crippen LogP contribution in [0, 0.1) is 0 Å². The molecule has 1 aliphatic heterocycles. The average Bonchev–Trinajstić information content (AvgIpc) is 2.67. The molecule has 0 bridgehead atoms. The molecular formula is C10H16N4. The quantitative estimate of drug-likeness (QED) is 0.766. The van der Waals surface area contributed by atoms with Crippen LogP contribution in [0.2, 0.25) is 0 Å². The predicted molar refractivity (Wildman–Crippen MR) is 55.9 cm³/mol. The van der Waals surface area contributed by atoms with E-state index in [2.05, 4.69) is 35.3 Å². The highest BCUT2D eigenvalue weighted by atomic mass is 15.3. The van der Waals surface area contributed by atoms with E-state index in [9.17, 15) is 0 Å². The van der Waals surface area contributed by atoms with Gasteiger partial charge in [0.15, 0.2) is 5.82 Å². The highest BCUT2D eigenvalue weighted by Gasteiger charge is 2.13. The van der Waals surface area contributed by atoms with E-state index in [0.29, 0.717) is 6.04 Å². The van der Waals surface area contributed by atoms with Crippen molar-refractivity contribution < 1.29 is 0 Å². The Hall–Kier alpha value is -1.16. The van der Waals surface area contributed by atoms with Gasteiger partial charge in [0.25, 0.3) is 0 Å². The van der Waals surface area contributed by atoms with Crippen LogP contribution < -0.4 is 5.32 Å². The largest absolute Gasteiger partial charge is 0.313 e. The Balaban J connectivity index is 2.30. The fourth-order valence-electron chi connectivity index (χ4n) is 1.68. The van der Waals surface area contributed by atoms with Crippen LogP contribution >= 0.6 is 0 Å². The van der Waals surface area contributed by atoms with Crippen LogP contribution in [-0.4, -0.2) is 27.9 Å². The van der Waals surface area contributed by atoms with Crippen molar-refractivity contribution in [3.8, 4) is 0 Å². The summed E-state index contributed by atoms with van der Waals surface area (Å²) in [5.74, 6) is 1.03. The Kier molecular flexibility index (Phi) is 2.63. The summed E-state index contributed by atoms with van der Waals surface area (Å²) >= 11 is 0. The second kappa shape index (κ2) is 3.92. The van der Waals surface area contributed by atoms with Crippen LogP contribution in [0.25, 0.3) is 5.57 Å². The molecule has 0 radical (unpaired) electrons. The summed E-state index contributed by atoms with van der Waals surface area (Å²) in [4.78, 5) is 4.32. The topological polar surface area (TPSA) is 42.7 Å². The second-order valence-electron chi connectivity index (χ2n) is 3.81. The van der Waals surface area contributed by atoms with E-state index in [0.717, 1.165) is 25.3 Å². The first kappa shape index (κ1) is 9.40. The van der Waals surface area contributed by atoms with Gasteiger partial charge in [0.05, 0.1) is 0 Å². The van der Waals surface area contributed by atoms with Gasteiger partial charge in [-0.05, 0) is 32.4 Å². The molecule has 76 valence electrons. The Morgan fingerprint density at radius 2 is 2.36 bits per heavy atom. The van der Waals surface area contributed by atoms with E-state index >= 15 is 0 Å². The molecule has 0 amide bonds. The van der Waals surface area contributed by atoms with Crippen LogP contribution in [0.15, 0.2) is 12.4 Å². The van der Waals surface area contributed by atoms with Gasteiger partial charge in [-0.2, -0.15) is 5.10 Å². The number of hydrogen-bond acceptors (Lipinski definition) is 3. The number of nitrogens with one attached hydrogen (secondary N) is 1. The summed E-state index contributed by atoms with van der Waals surface area (Å²) in [6, 6.07) is 0.378. The van der Waals surface area contributed by atoms with Crippen molar-refractivity contribution in [2.75, 3.05) is 13.1 Å². The first-order valence-electron chi connectivity index (χ1n) is 5.08. The normalized spacial score (nSPS) is 17.2. The van der Waals surface area contributed by atoms with E-state index in [1.807, 2.05) is 4.68 Å². The summed E-state index contributed by atoms with van der Waals surface area (Å²) in [7, 11) is 0. The van der Waals surface area contributed by atoms with Crippen LogP contribution in [0.4, 0.5) is 0 Å². The van der Waals surface area contributed by atoms with Crippen LogP contribution in [0.5, 0.6) is 0 Å². The molecule has 0 atom stereocenters. The Labute approximate surface area is 84.0 Å². The fourth-order valence-corrected chi connectivity index (χ4v) is 1.68. The zero-order chi connectivity index (χ0) is 9.97. The lowest BCUT2D eigenvalue weighted by Gasteiger charge is -2.15. The summed E-state index contributed by atoms with van der Waals surface area (Å²) in [6.07, 6.45) is 4.88. The molecule has 1 aliphatic rings. The minimum Gasteiger partial charge on any atom is -0.313 e. The van der Waals surface area contributed by atoms with Crippen molar-refractivity contribution in [2.45, 2.75) is 26.3 Å². The number of aromatic nitrogens is 3. The molecule has 0 saturated heterocycles. The summed E-state index contributed by atoms with van der Waals surface area (Å²) < 4.78 is 1.98. The smallest absolute Gasteiger partial charge is 0.153 e. The number of nitrogens with zero attached hydrogens (tertiary/aromatic N) is 3. The third-order valence-electron chi connectivity index (χ3n) is 2.41. The fraction of sp³-hybridized carbons (Fsp3) is 0.600. The Morgan fingerprint density at radius 3 is 3.00 bits per heavy atom. The van der Waals surface area contributed by atoms with Crippen LogP contribution in [-0.2, 0) is 0 Å². The molecule has 1 aromatic rings. The van der Waals surface area contributed by atoms with Crippen molar-refractivity contribution in [1.82, 2.24) is 20.1 Å². The van der Waals surface area contributed by atoms with Crippen LogP contribution in [0.3, 0.4) is 0 Å². The second-order valence-corrected chi connectivity index (χ2v) is 3.81. The summed E-state index contributed by atoms with van der Waals surface area (Å²) in [6.45, 7) is 6.23. The van der Waals surface area contributed by atoms with E-state index in [1.165, 1.54) is 5.57 Å². The molecule has 0 saturated carbocycles. The maximum absolute atomic E-state index is 4.32. The lowest BCUT2D eigenvalue weighted by atomic mass is 10.1. The van der Waals surface area contributed by atoms with Crippen molar-refractivity contribution in [2.24, 2.45) is 0 Å². The van der Waals surface area contributed by atoms with Crippen LogP contribution in [0.1, 0.15) is 32.1 Å². The Bertz CT molecular complexity index is 338. The molecule has 1 aromatic heterocycles. The van der Waals surface area contributed by atoms with Gasteiger partial charge in [-0.1, -0.05) is 6.08 Å². The first-order valence-corrected chi connectivity index (χ1v) is 5.08. The average molecular weight is 192 g/mol. The summed E-state index contributed by atoms with van der Waals surface area (Å²) in [5.41, 5.74) is 1.31. The highest BCUT2D eigenvalue weighted by molar-refractivity contribution is 5.61. The summed E-state index contributed by atoms with van der Waals surface area (Å²) in [5, 5.41) is 7.53. The number of rotatable bonds is 2. The zero-order valence-electron chi connectivity index (χ0n) is 8.70. The maximum Gasteiger partial charge on any atom is 0.153 e. The minimum atomic E-state index is 0.378. The zero-order valence-corrected chi connectivity index (χ0v) is 8.70. The van der Waals surface area contributed by atoms with Gasteiger partial charge in [0.1, 0.15) is 6.33 Å². The first-order chi connectivity index (χ1) is 6.79. The van der Waals surface area contributed by atoms with Crippen molar-refractivity contribution in [3.63, 3.8) is 0 Å². The maximum atomic E-state index is 4.32. The monoisotopic (exact) mass is 192 g/mol. The predicted octanol–water partition coefficient (Wildman–Crippen LogP) is 1.24. The van der Waals surface area contributed by atoms with E-state index in [4.69, 9.17) is 0 Å². The van der Waals surface area contributed by atoms with Crippen molar-refractivity contribution in [3.05, 3.63) is 18.2 Å². The SMILES string of the molecule is CC(C)n1ncnc1C1=CCNCC1. The molecule has 4 heteroatoms. The molecular weight excluding hydrogens is 176 g/mol. The highest BCUT2D eigenvalue weighted by Crippen LogP contribution is 2.19. The third-order valence-corrected chi connectivity index (χ3v) is 2.41. The van der Waals surface area contributed by atoms with Gasteiger partial charge < -0.3 is 5.32 Å². The molecule has 2 rings (SSSR count). The third kappa shape index (κ3) is 1.70.